The van der Waals surface area contributed by atoms with E-state index in [4.69, 9.17) is 14.2 Å². The Labute approximate surface area is 215 Å². The number of anilines is 2. The summed E-state index contributed by atoms with van der Waals surface area (Å²) in [4.78, 5) is 44.5. The first-order chi connectivity index (χ1) is 18.0. The molecule has 0 spiro atoms. The number of piperazine rings is 2. The molecule has 2 N–H and O–H groups in total. The number of carbonyl (C=O) groups excluding carboxylic acids is 3. The maximum atomic E-state index is 13.2. The number of fused-ring (bicyclic) bond motifs is 1. The third-order valence-electron chi connectivity index (χ3n) is 6.85. The Morgan fingerprint density at radius 1 is 1.03 bits per heavy atom. The van der Waals surface area contributed by atoms with Crippen molar-refractivity contribution in [3.05, 3.63) is 42.5 Å². The van der Waals surface area contributed by atoms with E-state index in [2.05, 4.69) is 20.4 Å². The molecule has 37 heavy (non-hydrogen) atoms. The maximum Gasteiger partial charge on any atom is 0.243 e. The summed E-state index contributed by atoms with van der Waals surface area (Å²) in [5.41, 5.74) is 1.66. The van der Waals surface area contributed by atoms with Gasteiger partial charge in [-0.2, -0.15) is 0 Å². The van der Waals surface area contributed by atoms with Gasteiger partial charge in [0.25, 0.3) is 0 Å². The van der Waals surface area contributed by atoms with Gasteiger partial charge in [-0.05, 0) is 36.4 Å². The number of methoxy groups -OCH3 is 1. The van der Waals surface area contributed by atoms with E-state index < -0.39 is 6.04 Å². The van der Waals surface area contributed by atoms with E-state index in [1.165, 1.54) is 4.90 Å². The van der Waals surface area contributed by atoms with Gasteiger partial charge in [-0.15, -0.1) is 0 Å². The van der Waals surface area contributed by atoms with Crippen LogP contribution in [0.1, 0.15) is 6.42 Å². The number of amides is 3. The SMILES string of the molecule is COc1ccc(N2CCN(CC(=O)N3CCNC(=O)[C@@H]3CC(=O)Nc3ccc4c(c3)OCO4)CC2)cc1. The first-order valence-electron chi connectivity index (χ1n) is 12.4. The van der Waals surface area contributed by atoms with Gasteiger partial charge in [-0.25, -0.2) is 0 Å². The molecule has 11 heteroatoms. The van der Waals surface area contributed by atoms with Crippen molar-refractivity contribution in [2.75, 3.05) is 69.9 Å². The topological polar surface area (TPSA) is 113 Å². The largest absolute Gasteiger partial charge is 0.497 e. The van der Waals surface area contributed by atoms with Gasteiger partial charge in [0.05, 0.1) is 20.1 Å². The molecule has 11 nitrogen and oxygen atoms in total. The van der Waals surface area contributed by atoms with Crippen molar-refractivity contribution < 1.29 is 28.6 Å². The summed E-state index contributed by atoms with van der Waals surface area (Å²) in [6, 6.07) is 12.2. The fourth-order valence-electron chi connectivity index (χ4n) is 4.82. The minimum absolute atomic E-state index is 0.128. The van der Waals surface area contributed by atoms with Gasteiger partial charge in [0.15, 0.2) is 11.5 Å². The van der Waals surface area contributed by atoms with Crippen LogP contribution in [-0.4, -0.2) is 93.3 Å². The van der Waals surface area contributed by atoms with Crippen molar-refractivity contribution in [2.24, 2.45) is 0 Å². The lowest BCUT2D eigenvalue weighted by molar-refractivity contribution is -0.145. The molecule has 0 bridgehead atoms. The Bertz CT molecular complexity index is 1150. The molecule has 2 fully saturated rings. The normalized spacial score (nSPS) is 19.4. The molecule has 0 aromatic heterocycles. The van der Waals surface area contributed by atoms with E-state index in [1.54, 1.807) is 25.3 Å². The Kier molecular flexibility index (Phi) is 7.31. The molecule has 0 unspecified atom stereocenters. The molecular formula is C26H31N5O6. The number of benzene rings is 2. The van der Waals surface area contributed by atoms with E-state index in [0.717, 1.165) is 37.6 Å². The van der Waals surface area contributed by atoms with E-state index in [1.807, 2.05) is 24.3 Å². The predicted octanol–water partition coefficient (Wildman–Crippen LogP) is 0.902. The van der Waals surface area contributed by atoms with Crippen LogP contribution in [0.2, 0.25) is 0 Å². The molecule has 3 heterocycles. The second-order valence-corrected chi connectivity index (χ2v) is 9.18. The third kappa shape index (κ3) is 5.72. The Balaban J connectivity index is 1.15. The summed E-state index contributed by atoms with van der Waals surface area (Å²) in [5.74, 6) is 1.17. The van der Waals surface area contributed by atoms with Crippen LogP contribution < -0.4 is 29.7 Å². The number of hydrogen-bond acceptors (Lipinski definition) is 8. The number of rotatable bonds is 7. The predicted molar refractivity (Wildman–Crippen MR) is 136 cm³/mol. The molecule has 0 radical (unpaired) electrons. The summed E-state index contributed by atoms with van der Waals surface area (Å²) in [6.45, 7) is 4.14. The van der Waals surface area contributed by atoms with Gasteiger partial charge in [-0.1, -0.05) is 0 Å². The first-order valence-corrected chi connectivity index (χ1v) is 12.4. The minimum Gasteiger partial charge on any atom is -0.497 e. The molecule has 196 valence electrons. The van der Waals surface area contributed by atoms with Crippen LogP contribution >= 0.6 is 0 Å². The molecule has 1 atom stereocenters. The molecule has 3 amide bonds. The van der Waals surface area contributed by atoms with Gasteiger partial charge in [0.2, 0.25) is 24.5 Å². The van der Waals surface area contributed by atoms with E-state index in [9.17, 15) is 14.4 Å². The number of nitrogens with one attached hydrogen (secondary N) is 2. The third-order valence-corrected chi connectivity index (χ3v) is 6.85. The van der Waals surface area contributed by atoms with Gasteiger partial charge in [-0.3, -0.25) is 19.3 Å². The monoisotopic (exact) mass is 509 g/mol. The van der Waals surface area contributed by atoms with Crippen LogP contribution in [0.3, 0.4) is 0 Å². The maximum absolute atomic E-state index is 13.2. The highest BCUT2D eigenvalue weighted by atomic mass is 16.7. The minimum atomic E-state index is -0.851. The van der Waals surface area contributed by atoms with Crippen LogP contribution in [0, 0.1) is 0 Å². The zero-order valence-electron chi connectivity index (χ0n) is 20.8. The van der Waals surface area contributed by atoms with Crippen LogP contribution in [0.4, 0.5) is 11.4 Å². The Morgan fingerprint density at radius 3 is 2.54 bits per heavy atom. The van der Waals surface area contributed by atoms with Crippen molar-refractivity contribution in [2.45, 2.75) is 12.5 Å². The number of carbonyl (C=O) groups is 3. The highest BCUT2D eigenvalue weighted by Gasteiger charge is 2.35. The lowest BCUT2D eigenvalue weighted by atomic mass is 10.1. The number of ether oxygens (including phenoxy) is 3. The fraction of sp³-hybridized carbons (Fsp3) is 0.423. The van der Waals surface area contributed by atoms with E-state index in [-0.39, 0.29) is 37.5 Å². The Hall–Kier alpha value is -3.99. The van der Waals surface area contributed by atoms with Crippen LogP contribution in [0.5, 0.6) is 17.2 Å². The van der Waals surface area contributed by atoms with Gasteiger partial charge in [0, 0.05) is 56.7 Å². The zero-order valence-corrected chi connectivity index (χ0v) is 20.8. The van der Waals surface area contributed by atoms with Crippen LogP contribution in [0.25, 0.3) is 0 Å². The highest BCUT2D eigenvalue weighted by molar-refractivity contribution is 5.97. The van der Waals surface area contributed by atoms with E-state index >= 15 is 0 Å². The Morgan fingerprint density at radius 2 is 1.78 bits per heavy atom. The lowest BCUT2D eigenvalue weighted by Gasteiger charge is -2.39. The van der Waals surface area contributed by atoms with Crippen LogP contribution in [0.15, 0.2) is 42.5 Å². The quantitative estimate of drug-likeness (QED) is 0.566. The lowest BCUT2D eigenvalue weighted by Crippen LogP contribution is -2.60. The van der Waals surface area contributed by atoms with Gasteiger partial charge < -0.3 is 34.6 Å². The molecular weight excluding hydrogens is 478 g/mol. The van der Waals surface area contributed by atoms with E-state index in [0.29, 0.717) is 30.3 Å². The fourth-order valence-corrected chi connectivity index (χ4v) is 4.82. The summed E-state index contributed by atoms with van der Waals surface area (Å²) < 4.78 is 15.9. The summed E-state index contributed by atoms with van der Waals surface area (Å²) in [6.07, 6.45) is -0.128. The molecule has 0 saturated carbocycles. The summed E-state index contributed by atoms with van der Waals surface area (Å²) >= 11 is 0. The molecule has 0 aliphatic carbocycles. The average Bonchev–Trinajstić information content (AvgIpc) is 3.38. The van der Waals surface area contributed by atoms with Crippen LogP contribution in [-0.2, 0) is 14.4 Å². The smallest absolute Gasteiger partial charge is 0.243 e. The van der Waals surface area contributed by atoms with Crippen molar-refractivity contribution in [3.63, 3.8) is 0 Å². The van der Waals surface area contributed by atoms with Crippen molar-refractivity contribution in [3.8, 4) is 17.2 Å². The number of hydrogen-bond donors (Lipinski definition) is 2. The average molecular weight is 510 g/mol. The standard InChI is InChI=1S/C26H31N5O6/c1-35-20-5-3-19(4-6-20)30-12-10-29(11-13-30)16-25(33)31-9-8-27-26(34)21(31)15-24(32)28-18-2-7-22-23(14-18)37-17-36-22/h2-7,14,21H,8-13,15-17H2,1H3,(H,27,34)(H,28,32)/t21-/m0/s1. The zero-order chi connectivity index (χ0) is 25.8. The number of nitrogens with zero attached hydrogens (tertiary/aromatic N) is 3. The molecule has 2 aromatic carbocycles. The second-order valence-electron chi connectivity index (χ2n) is 9.18. The molecule has 3 aliphatic heterocycles. The molecule has 3 aliphatic rings. The highest BCUT2D eigenvalue weighted by Crippen LogP contribution is 2.34. The molecule has 2 saturated heterocycles. The first kappa shape index (κ1) is 24.7. The van der Waals surface area contributed by atoms with Crippen molar-refractivity contribution in [1.82, 2.24) is 15.1 Å². The van der Waals surface area contributed by atoms with Crippen molar-refractivity contribution in [1.29, 1.82) is 0 Å². The molecule has 5 rings (SSSR count). The van der Waals surface area contributed by atoms with Crippen molar-refractivity contribution >= 4 is 29.1 Å². The second kappa shape index (κ2) is 11.0. The summed E-state index contributed by atoms with van der Waals surface area (Å²) in [5, 5.41) is 5.57. The summed E-state index contributed by atoms with van der Waals surface area (Å²) in [7, 11) is 1.65. The van der Waals surface area contributed by atoms with Gasteiger partial charge >= 0.3 is 0 Å². The molecule has 2 aromatic rings. The van der Waals surface area contributed by atoms with Gasteiger partial charge in [0.1, 0.15) is 11.8 Å².